The van der Waals surface area contributed by atoms with E-state index >= 15 is 0 Å². The Morgan fingerprint density at radius 2 is 1.84 bits per heavy atom. The lowest BCUT2D eigenvalue weighted by Gasteiger charge is -2.19. The maximum absolute atomic E-state index is 11.8. The Balaban J connectivity index is 2.27. The summed E-state index contributed by atoms with van der Waals surface area (Å²) in [5.41, 5.74) is 0.0677. The Morgan fingerprint density at radius 3 is 2.48 bits per heavy atom. The van der Waals surface area contributed by atoms with Gasteiger partial charge in [0.2, 0.25) is 0 Å². The van der Waals surface area contributed by atoms with Crippen molar-refractivity contribution in [3.8, 4) is 0 Å². The predicted molar refractivity (Wildman–Crippen MR) is 96.7 cm³/mol. The Morgan fingerprint density at radius 1 is 1.16 bits per heavy atom. The molecule has 0 heterocycles. The summed E-state index contributed by atoms with van der Waals surface area (Å²) < 4.78 is 9.92. The minimum atomic E-state index is -0.605. The monoisotopic (exact) mass is 368 g/mol. The van der Waals surface area contributed by atoms with Crippen LogP contribution >= 0.6 is 11.8 Å². The molecule has 0 spiro atoms. The number of hydrogen-bond acceptors (Lipinski definition) is 6. The summed E-state index contributed by atoms with van der Waals surface area (Å²) in [6, 6.07) is 7.34. The molecular weight excluding hydrogens is 344 g/mol. The van der Waals surface area contributed by atoms with Crippen molar-refractivity contribution < 1.29 is 23.9 Å². The van der Waals surface area contributed by atoms with Crippen LogP contribution in [0.2, 0.25) is 0 Å². The number of thioether (sulfide) groups is 1. The van der Waals surface area contributed by atoms with Gasteiger partial charge >= 0.3 is 12.1 Å². The number of hydrogen-bond donors (Lipinski definition) is 2. The molecule has 0 bridgehead atoms. The van der Waals surface area contributed by atoms with Crippen molar-refractivity contribution in [1.82, 2.24) is 5.32 Å². The molecular formula is C17H24N2O5S. The summed E-state index contributed by atoms with van der Waals surface area (Å²) in [4.78, 5) is 35.8. The highest BCUT2D eigenvalue weighted by molar-refractivity contribution is 7.98. The zero-order valence-corrected chi connectivity index (χ0v) is 15.7. The van der Waals surface area contributed by atoms with Crippen molar-refractivity contribution in [1.29, 1.82) is 0 Å². The van der Waals surface area contributed by atoms with E-state index in [4.69, 9.17) is 9.47 Å². The molecule has 0 saturated heterocycles. The van der Waals surface area contributed by atoms with Crippen LogP contribution in [0, 0.1) is 0 Å². The van der Waals surface area contributed by atoms with Crippen molar-refractivity contribution in [3.05, 3.63) is 24.3 Å². The van der Waals surface area contributed by atoms with E-state index in [9.17, 15) is 14.4 Å². The van der Waals surface area contributed by atoms with E-state index in [2.05, 4.69) is 10.6 Å². The number of carbonyl (C=O) groups is 3. The van der Waals surface area contributed by atoms with E-state index in [0.29, 0.717) is 5.69 Å². The van der Waals surface area contributed by atoms with Crippen molar-refractivity contribution in [2.24, 2.45) is 0 Å². The molecule has 0 radical (unpaired) electrons. The fraction of sp³-hybridized carbons (Fsp3) is 0.471. The van der Waals surface area contributed by atoms with Gasteiger partial charge in [0.15, 0.2) is 6.61 Å². The van der Waals surface area contributed by atoms with Crippen molar-refractivity contribution >= 4 is 35.4 Å². The molecule has 0 saturated carbocycles. The van der Waals surface area contributed by atoms with Crippen LogP contribution in [0.1, 0.15) is 27.2 Å². The van der Waals surface area contributed by atoms with Crippen LogP contribution < -0.4 is 10.6 Å². The van der Waals surface area contributed by atoms with Crippen LogP contribution in [0.15, 0.2) is 29.2 Å². The van der Waals surface area contributed by atoms with E-state index in [0.717, 1.165) is 4.90 Å². The third-order valence-electron chi connectivity index (χ3n) is 2.74. The number of carbonyl (C=O) groups excluding carboxylic acids is 3. The Kier molecular flexibility index (Phi) is 8.27. The molecule has 0 fully saturated rings. The standard InChI is InChI=1S/C17H24N2O5S/c1-17(2,3)24-16(22)18-10-9-15(21)23-11-14(20)19-12-7-5-6-8-13(12)25-4/h5-8H,9-11H2,1-4H3,(H,18,22)(H,19,20). The molecule has 138 valence electrons. The van der Waals surface area contributed by atoms with E-state index in [1.54, 1.807) is 26.8 Å². The number of anilines is 1. The molecule has 0 aliphatic heterocycles. The molecule has 7 nitrogen and oxygen atoms in total. The second-order valence-corrected chi connectivity index (χ2v) is 6.94. The number of esters is 1. The highest BCUT2D eigenvalue weighted by Crippen LogP contribution is 2.24. The molecule has 0 aliphatic carbocycles. The maximum atomic E-state index is 11.8. The van der Waals surface area contributed by atoms with Gasteiger partial charge in [-0.05, 0) is 39.2 Å². The van der Waals surface area contributed by atoms with E-state index in [-0.39, 0.29) is 19.6 Å². The second kappa shape index (κ2) is 9.93. The lowest BCUT2D eigenvalue weighted by atomic mass is 10.2. The first-order chi connectivity index (χ1) is 11.7. The van der Waals surface area contributed by atoms with E-state index in [1.165, 1.54) is 11.8 Å². The van der Waals surface area contributed by atoms with Gasteiger partial charge in [-0.25, -0.2) is 4.79 Å². The quantitative estimate of drug-likeness (QED) is 0.568. The lowest BCUT2D eigenvalue weighted by molar-refractivity contribution is -0.147. The summed E-state index contributed by atoms with van der Waals surface area (Å²) in [7, 11) is 0. The fourth-order valence-electron chi connectivity index (χ4n) is 1.73. The Hall–Kier alpha value is -2.22. The molecule has 1 aromatic carbocycles. The number of amides is 2. The first kappa shape index (κ1) is 20.8. The van der Waals surface area contributed by atoms with Crippen LogP contribution in [0.5, 0.6) is 0 Å². The van der Waals surface area contributed by atoms with Gasteiger partial charge in [0.05, 0.1) is 12.1 Å². The second-order valence-electron chi connectivity index (χ2n) is 6.09. The third-order valence-corrected chi connectivity index (χ3v) is 3.54. The number of benzene rings is 1. The highest BCUT2D eigenvalue weighted by atomic mass is 32.2. The zero-order valence-electron chi connectivity index (χ0n) is 14.9. The minimum absolute atomic E-state index is 0.0477. The minimum Gasteiger partial charge on any atom is -0.456 e. The Bertz CT molecular complexity index is 613. The summed E-state index contributed by atoms with van der Waals surface area (Å²) in [6.45, 7) is 4.93. The van der Waals surface area contributed by atoms with Crippen LogP contribution in [-0.4, -0.2) is 43.0 Å². The third kappa shape index (κ3) is 8.99. The average Bonchev–Trinajstić information content (AvgIpc) is 2.51. The van der Waals surface area contributed by atoms with Crippen LogP contribution in [0.25, 0.3) is 0 Å². The summed E-state index contributed by atoms with van der Waals surface area (Å²) in [6.07, 6.45) is 1.25. The normalized spacial score (nSPS) is 10.7. The van der Waals surface area contributed by atoms with Gasteiger partial charge in [0, 0.05) is 11.4 Å². The van der Waals surface area contributed by atoms with Crippen LogP contribution in [-0.2, 0) is 19.1 Å². The first-order valence-electron chi connectivity index (χ1n) is 7.76. The molecule has 8 heteroatoms. The van der Waals surface area contributed by atoms with Gasteiger partial charge in [-0.15, -0.1) is 11.8 Å². The molecule has 1 rings (SSSR count). The van der Waals surface area contributed by atoms with Gasteiger partial charge in [-0.3, -0.25) is 9.59 Å². The number of nitrogens with one attached hydrogen (secondary N) is 2. The summed E-state index contributed by atoms with van der Waals surface area (Å²) in [5.74, 6) is -1.00. The number of alkyl carbamates (subject to hydrolysis) is 1. The smallest absolute Gasteiger partial charge is 0.407 e. The molecule has 0 aromatic heterocycles. The molecule has 1 aromatic rings. The van der Waals surface area contributed by atoms with Gasteiger partial charge in [-0.2, -0.15) is 0 Å². The molecule has 0 atom stereocenters. The molecule has 25 heavy (non-hydrogen) atoms. The Labute approximate surface area is 151 Å². The zero-order chi connectivity index (χ0) is 18.9. The van der Waals surface area contributed by atoms with Crippen LogP contribution in [0.4, 0.5) is 10.5 Å². The van der Waals surface area contributed by atoms with Crippen molar-refractivity contribution in [2.45, 2.75) is 37.7 Å². The van der Waals surface area contributed by atoms with Gasteiger partial charge in [0.25, 0.3) is 5.91 Å². The topological polar surface area (TPSA) is 93.7 Å². The van der Waals surface area contributed by atoms with Crippen LogP contribution in [0.3, 0.4) is 0 Å². The van der Waals surface area contributed by atoms with Gasteiger partial charge in [0.1, 0.15) is 5.60 Å². The van der Waals surface area contributed by atoms with Gasteiger partial charge in [-0.1, -0.05) is 12.1 Å². The first-order valence-corrected chi connectivity index (χ1v) is 8.99. The molecule has 2 amide bonds. The number of ether oxygens (including phenoxy) is 2. The average molecular weight is 368 g/mol. The fourth-order valence-corrected chi connectivity index (χ4v) is 2.29. The maximum Gasteiger partial charge on any atom is 0.407 e. The molecule has 0 aliphatic rings. The highest BCUT2D eigenvalue weighted by Gasteiger charge is 2.16. The summed E-state index contributed by atoms with van der Waals surface area (Å²) in [5, 5.41) is 5.14. The lowest BCUT2D eigenvalue weighted by Crippen LogP contribution is -2.34. The SMILES string of the molecule is CSc1ccccc1NC(=O)COC(=O)CCNC(=O)OC(C)(C)C. The molecule has 2 N–H and O–H groups in total. The van der Waals surface area contributed by atoms with Crippen molar-refractivity contribution in [2.75, 3.05) is 24.7 Å². The number of rotatable bonds is 7. The summed E-state index contributed by atoms with van der Waals surface area (Å²) >= 11 is 1.50. The molecule has 0 unspecified atom stereocenters. The van der Waals surface area contributed by atoms with E-state index < -0.39 is 23.6 Å². The number of para-hydroxylation sites is 1. The van der Waals surface area contributed by atoms with Gasteiger partial charge < -0.3 is 20.1 Å². The largest absolute Gasteiger partial charge is 0.456 e. The predicted octanol–water partition coefficient (Wildman–Crippen LogP) is 2.81. The van der Waals surface area contributed by atoms with E-state index in [1.807, 2.05) is 24.5 Å². The van der Waals surface area contributed by atoms with Crippen molar-refractivity contribution in [3.63, 3.8) is 0 Å².